The predicted octanol–water partition coefficient (Wildman–Crippen LogP) is 11.3. The van der Waals surface area contributed by atoms with E-state index < -0.39 is 25.9 Å². The summed E-state index contributed by atoms with van der Waals surface area (Å²) in [6, 6.07) is 39.0. The van der Waals surface area contributed by atoms with Crippen LogP contribution in [0.5, 0.6) is 0 Å². The number of Topliss-reactive ketones (excluding diaryl/α,β-unsaturated/α-hetero) is 1. The number of ketones is 1. The zero-order valence-electron chi connectivity index (χ0n) is 32.4. The molecule has 53 heavy (non-hydrogen) atoms. The first-order chi connectivity index (χ1) is 25.1. The third kappa shape index (κ3) is 5.11. The molecule has 0 saturated carbocycles. The van der Waals surface area contributed by atoms with Gasteiger partial charge in [-0.05, 0) is 0 Å². The fraction of sp³-hybridized carbons (Fsp3) is 0.280. The molecule has 2 aliphatic heterocycles. The van der Waals surface area contributed by atoms with Gasteiger partial charge < -0.3 is 0 Å². The summed E-state index contributed by atoms with van der Waals surface area (Å²) in [5, 5.41) is 0. The molecule has 265 valence electrons. The van der Waals surface area contributed by atoms with Crippen molar-refractivity contribution in [2.75, 3.05) is 4.90 Å². The molecule has 5 aromatic rings. The maximum absolute atomic E-state index is 14.6. The Hall–Kier alpha value is -4.29. The normalized spacial score (nSPS) is 18.0. The first kappa shape index (κ1) is 34.5. The Kier molecular flexibility index (Phi) is 7.55. The molecular weight excluding hydrogens is 758 g/mol. The van der Waals surface area contributed by atoms with Gasteiger partial charge in [-0.15, -0.1) is 0 Å². The quantitative estimate of drug-likeness (QED) is 0.154. The minimum absolute atomic E-state index is 0.0148. The van der Waals surface area contributed by atoms with Gasteiger partial charge in [0.2, 0.25) is 0 Å². The van der Waals surface area contributed by atoms with Gasteiger partial charge in [0.15, 0.2) is 0 Å². The Labute approximate surface area is 325 Å². The molecule has 5 aromatic carbocycles. The number of rotatable bonds is 1. The summed E-state index contributed by atoms with van der Waals surface area (Å²) in [6.07, 6.45) is 6.75. The van der Waals surface area contributed by atoms with Crippen LogP contribution in [-0.2, 0) is 16.2 Å². The Morgan fingerprint density at radius 2 is 1.15 bits per heavy atom. The molecule has 1 unspecified atom stereocenters. The van der Waals surface area contributed by atoms with Crippen molar-refractivity contribution < 1.29 is 4.79 Å². The van der Waals surface area contributed by atoms with Crippen LogP contribution in [0.15, 0.2) is 127 Å². The van der Waals surface area contributed by atoms with Gasteiger partial charge in [-0.3, -0.25) is 0 Å². The average Bonchev–Trinajstić information content (AvgIpc) is 3.39. The number of carbonyl (C=O) groups excluding carboxylic acids is 1. The number of carbonyl (C=O) groups is 1. The summed E-state index contributed by atoms with van der Waals surface area (Å²) in [4.78, 5) is 17.1. The van der Waals surface area contributed by atoms with E-state index in [2.05, 4.69) is 189 Å². The van der Waals surface area contributed by atoms with Crippen molar-refractivity contribution in [3.8, 4) is 11.1 Å². The van der Waals surface area contributed by atoms with Gasteiger partial charge in [0, 0.05) is 0 Å². The van der Waals surface area contributed by atoms with Gasteiger partial charge >= 0.3 is 286 Å². The Bertz CT molecular complexity index is 2410. The van der Waals surface area contributed by atoms with E-state index in [1.807, 2.05) is 0 Å². The summed E-state index contributed by atoms with van der Waals surface area (Å²) in [6.45, 7) is 20.7. The third-order valence-corrected chi connectivity index (χ3v) is 15.2. The summed E-state index contributed by atoms with van der Waals surface area (Å²) >= 11 is -0.745. The van der Waals surface area contributed by atoms with Gasteiger partial charge in [0.25, 0.3) is 0 Å². The van der Waals surface area contributed by atoms with E-state index >= 15 is 0 Å². The number of para-hydroxylation sites is 2. The summed E-state index contributed by atoms with van der Waals surface area (Å²) < 4.78 is 2.61. The van der Waals surface area contributed by atoms with E-state index in [1.54, 1.807) is 0 Å². The second-order valence-electron chi connectivity index (χ2n) is 18.4. The van der Waals surface area contributed by atoms with E-state index in [4.69, 9.17) is 0 Å². The molecule has 0 amide bonds. The number of nitrogens with zero attached hydrogens (tertiary/aromatic N) is 1. The minimum atomic E-state index is -0.745. The van der Waals surface area contributed by atoms with E-state index in [-0.39, 0.29) is 27.9 Å². The molecule has 1 spiro atoms. The second-order valence-corrected chi connectivity index (χ2v) is 21.6. The monoisotopic (exact) mass is 808 g/mol. The summed E-state index contributed by atoms with van der Waals surface area (Å²) in [5.41, 5.74) is 15.5. The summed E-state index contributed by atoms with van der Waals surface area (Å²) in [5.74, 6) is 0.0933. The molecule has 1 radical (unpaired) electrons. The van der Waals surface area contributed by atoms with Crippen LogP contribution in [-0.4, -0.2) is 29.8 Å². The van der Waals surface area contributed by atoms with Gasteiger partial charge in [-0.25, -0.2) is 0 Å². The van der Waals surface area contributed by atoms with Gasteiger partial charge in [0.05, 0.1) is 0 Å². The number of hydrogen-bond acceptors (Lipinski definition) is 2. The molecule has 3 heteroatoms. The van der Waals surface area contributed by atoms with Gasteiger partial charge in [-0.2, -0.15) is 0 Å². The Morgan fingerprint density at radius 1 is 0.585 bits per heavy atom. The Balaban J connectivity index is 1.33. The van der Waals surface area contributed by atoms with Crippen molar-refractivity contribution >= 4 is 50.5 Å². The topological polar surface area (TPSA) is 20.3 Å². The van der Waals surface area contributed by atoms with Crippen molar-refractivity contribution in [2.24, 2.45) is 11.3 Å². The molecule has 2 aliphatic carbocycles. The van der Waals surface area contributed by atoms with E-state index in [0.29, 0.717) is 0 Å². The predicted molar refractivity (Wildman–Crippen MR) is 224 cm³/mol. The maximum atomic E-state index is 14.6. The van der Waals surface area contributed by atoms with Crippen LogP contribution in [0.4, 0.5) is 17.1 Å². The molecule has 0 aromatic heterocycles. The SMILES string of the molecule is CC(C)(C)C1=CC2=[Te]c3cc4c(cc3C(=O)C2C=C1)C1(c2ccccc2-4)c2ccccc2N(c2cc(C(C)(C)C)cc(C(C)(C)C)c2)c2ccccc21. The molecule has 0 N–H and O–H groups in total. The van der Waals surface area contributed by atoms with Crippen molar-refractivity contribution in [1.82, 2.24) is 0 Å². The molecule has 1 atom stereocenters. The van der Waals surface area contributed by atoms with Crippen LogP contribution in [0.3, 0.4) is 0 Å². The van der Waals surface area contributed by atoms with Crippen molar-refractivity contribution in [1.29, 1.82) is 0 Å². The molecule has 2 nitrogen and oxygen atoms in total. The van der Waals surface area contributed by atoms with E-state index in [9.17, 15) is 4.79 Å². The molecule has 0 bridgehead atoms. The van der Waals surface area contributed by atoms with Gasteiger partial charge in [-0.1, -0.05) is 41.5 Å². The zero-order chi connectivity index (χ0) is 37.2. The van der Waals surface area contributed by atoms with Crippen LogP contribution in [0.1, 0.15) is 106 Å². The van der Waals surface area contributed by atoms with Crippen LogP contribution in [0.2, 0.25) is 0 Å². The fourth-order valence-corrected chi connectivity index (χ4v) is 12.4. The number of benzene rings is 5. The van der Waals surface area contributed by atoms with Crippen LogP contribution < -0.4 is 8.51 Å². The van der Waals surface area contributed by atoms with Crippen molar-refractivity contribution in [2.45, 2.75) is 78.6 Å². The van der Waals surface area contributed by atoms with Crippen LogP contribution in [0.25, 0.3) is 11.1 Å². The standard InChI is InChI=1S/C50H48NOTe/c1-47(2,3)30-22-23-35-44(27-30)53-45-29-36-34-16-10-11-17-38(34)50(41(36)28-37(45)46(35)52)39-18-12-14-20-42(39)51(43-21-15-13-19-40(43)50)33-25-31(48(4,5)6)24-32(26-33)49(7,8)9/h10-29,35H,1-9H3. The first-order valence-electron chi connectivity index (χ1n) is 19.0. The zero-order valence-corrected chi connectivity index (χ0v) is 34.7. The second kappa shape index (κ2) is 11.6. The third-order valence-electron chi connectivity index (χ3n) is 11.9. The van der Waals surface area contributed by atoms with Crippen molar-refractivity contribution in [3.05, 3.63) is 166 Å². The van der Waals surface area contributed by atoms with Crippen LogP contribution in [0, 0.1) is 11.3 Å². The molecule has 0 fully saturated rings. The molecule has 4 aliphatic rings. The number of allylic oxidation sites excluding steroid dienone is 4. The Morgan fingerprint density at radius 3 is 1.74 bits per heavy atom. The number of anilines is 3. The molecule has 0 saturated heterocycles. The van der Waals surface area contributed by atoms with Gasteiger partial charge in [0.1, 0.15) is 0 Å². The molecule has 9 rings (SSSR count). The summed E-state index contributed by atoms with van der Waals surface area (Å²) in [7, 11) is 0. The van der Waals surface area contributed by atoms with Crippen molar-refractivity contribution in [3.63, 3.8) is 0 Å². The average molecular weight is 807 g/mol. The number of fused-ring (bicyclic) bond motifs is 11. The van der Waals surface area contributed by atoms with E-state index in [1.165, 1.54) is 74.3 Å². The van der Waals surface area contributed by atoms with Crippen LogP contribution >= 0.6 is 0 Å². The fourth-order valence-electron chi connectivity index (χ4n) is 8.95. The van der Waals surface area contributed by atoms with E-state index in [0.717, 1.165) is 5.56 Å². The molecular formula is C50H48NOTe. The first-order valence-corrected chi connectivity index (χ1v) is 21.3. The molecule has 2 heterocycles. The number of hydrogen-bond donors (Lipinski definition) is 0.